The summed E-state index contributed by atoms with van der Waals surface area (Å²) in [6.07, 6.45) is 6.96. The summed E-state index contributed by atoms with van der Waals surface area (Å²) in [5.41, 5.74) is 17.9. The van der Waals surface area contributed by atoms with Crippen LogP contribution in [-0.2, 0) is 11.2 Å². The number of benzene rings is 1. The second kappa shape index (κ2) is 15.4. The molecule has 1 aromatic carbocycles. The lowest BCUT2D eigenvalue weighted by molar-refractivity contribution is -0.123. The molecule has 0 unspecified atom stereocenters. The first kappa shape index (κ1) is 28.6. The first-order valence-electron chi connectivity index (χ1n) is 12.0. The highest BCUT2D eigenvalue weighted by atomic mass is 35.5. The molecule has 0 radical (unpaired) electrons. The van der Waals surface area contributed by atoms with Crippen LogP contribution in [0.1, 0.15) is 61.5 Å². The number of nitrogens with one attached hydrogen (secondary N) is 2. The third-order valence-corrected chi connectivity index (χ3v) is 5.44. The van der Waals surface area contributed by atoms with Crippen LogP contribution in [0.15, 0.2) is 29.3 Å². The number of hydrogen-bond donors (Lipinski definition) is 5. The van der Waals surface area contributed by atoms with Crippen molar-refractivity contribution in [2.45, 2.75) is 51.9 Å². The third-order valence-electron chi connectivity index (χ3n) is 5.16. The van der Waals surface area contributed by atoms with Gasteiger partial charge >= 0.3 is 0 Å². The van der Waals surface area contributed by atoms with Crippen molar-refractivity contribution in [1.82, 2.24) is 20.6 Å². The van der Waals surface area contributed by atoms with Crippen molar-refractivity contribution in [2.24, 2.45) is 10.7 Å². The van der Waals surface area contributed by atoms with Crippen molar-refractivity contribution in [2.75, 3.05) is 31.2 Å². The second-order valence-electron chi connectivity index (χ2n) is 8.15. The summed E-state index contributed by atoms with van der Waals surface area (Å²) in [6.45, 7) is 3.28. The Morgan fingerprint density at radius 1 is 1.03 bits per heavy atom. The van der Waals surface area contributed by atoms with Gasteiger partial charge in [0.05, 0.1) is 0 Å². The number of guanidine groups is 1. The summed E-state index contributed by atoms with van der Waals surface area (Å²) in [5.74, 6) is -0.401. The minimum absolute atomic E-state index is 0.00756. The van der Waals surface area contributed by atoms with Crippen molar-refractivity contribution in [3.05, 3.63) is 40.7 Å². The van der Waals surface area contributed by atoms with Crippen LogP contribution < -0.4 is 32.6 Å². The zero-order chi connectivity index (χ0) is 26.3. The molecule has 0 bridgehead atoms. The Bertz CT molecular complexity index is 1030. The molecule has 8 N–H and O–H groups in total. The average Bonchev–Trinajstić information content (AvgIpc) is 2.85. The molecule has 11 nitrogen and oxygen atoms in total. The SMILES string of the molecule is CCCCCCNC(=O)COc1ccc(CCCCN=C(N)NC(=O)c2nc(Cl)c(N)nc2N)cc1. The van der Waals surface area contributed by atoms with Gasteiger partial charge in [-0.3, -0.25) is 19.9 Å². The molecular weight excluding hydrogens is 484 g/mol. The van der Waals surface area contributed by atoms with Crippen molar-refractivity contribution in [3.63, 3.8) is 0 Å². The number of rotatable bonds is 14. The minimum atomic E-state index is -0.671. The lowest BCUT2D eigenvalue weighted by Crippen LogP contribution is -2.38. The standard InChI is InChI=1S/C24H35ClN8O3/c1-2-3-4-6-13-29-18(34)15-36-17-11-9-16(10-12-17)8-5-7-14-30-24(28)33-23(35)19-21(26)32-22(27)20(25)31-19/h9-12H,2-8,13-15H2,1H3,(H,29,34)(H4,26,27,32)(H3,28,30,33,35). The van der Waals surface area contributed by atoms with Gasteiger partial charge in [-0.15, -0.1) is 0 Å². The number of nitrogens with zero attached hydrogens (tertiary/aromatic N) is 3. The third kappa shape index (κ3) is 10.3. The number of nitrogens with two attached hydrogens (primary N) is 3. The van der Waals surface area contributed by atoms with Gasteiger partial charge in [-0.2, -0.15) is 0 Å². The van der Waals surface area contributed by atoms with Crippen LogP contribution in [0.2, 0.25) is 5.15 Å². The van der Waals surface area contributed by atoms with E-state index in [1.165, 1.54) is 12.8 Å². The topological polar surface area (TPSA) is 184 Å². The second-order valence-corrected chi connectivity index (χ2v) is 8.51. The number of aromatic nitrogens is 2. The van der Waals surface area contributed by atoms with Crippen molar-refractivity contribution in [3.8, 4) is 5.75 Å². The predicted molar refractivity (Wildman–Crippen MR) is 142 cm³/mol. The molecular formula is C24H35ClN8O3. The summed E-state index contributed by atoms with van der Waals surface area (Å²) in [7, 11) is 0. The summed E-state index contributed by atoms with van der Waals surface area (Å²) in [4.78, 5) is 35.8. The number of aryl methyl sites for hydroxylation is 1. The number of nitrogen functional groups attached to an aromatic ring is 2. The Labute approximate surface area is 216 Å². The van der Waals surface area contributed by atoms with E-state index in [4.69, 9.17) is 33.5 Å². The predicted octanol–water partition coefficient (Wildman–Crippen LogP) is 2.44. The van der Waals surface area contributed by atoms with Crippen LogP contribution in [0.4, 0.5) is 11.6 Å². The zero-order valence-electron chi connectivity index (χ0n) is 20.6. The first-order valence-corrected chi connectivity index (χ1v) is 12.4. The van der Waals surface area contributed by atoms with E-state index in [1.807, 2.05) is 24.3 Å². The number of carbonyl (C=O) groups excluding carboxylic acids is 2. The van der Waals surface area contributed by atoms with Gasteiger partial charge in [-0.05, 0) is 43.4 Å². The number of hydrogen-bond acceptors (Lipinski definition) is 8. The van der Waals surface area contributed by atoms with Crippen LogP contribution in [0.3, 0.4) is 0 Å². The molecule has 2 amide bonds. The van der Waals surface area contributed by atoms with Crippen LogP contribution in [0.5, 0.6) is 5.75 Å². The summed E-state index contributed by atoms with van der Waals surface area (Å²) in [6, 6.07) is 7.65. The zero-order valence-corrected chi connectivity index (χ0v) is 21.3. The number of halogens is 1. The van der Waals surface area contributed by atoms with Crippen LogP contribution in [0, 0.1) is 0 Å². The molecule has 36 heavy (non-hydrogen) atoms. The van der Waals surface area contributed by atoms with Gasteiger partial charge in [0, 0.05) is 13.1 Å². The fourth-order valence-corrected chi connectivity index (χ4v) is 3.32. The molecule has 2 rings (SSSR count). The van der Waals surface area contributed by atoms with Gasteiger partial charge in [0.25, 0.3) is 11.8 Å². The smallest absolute Gasteiger partial charge is 0.280 e. The number of carbonyl (C=O) groups is 2. The maximum Gasteiger partial charge on any atom is 0.280 e. The van der Waals surface area contributed by atoms with E-state index >= 15 is 0 Å². The molecule has 0 fully saturated rings. The number of aliphatic imine (C=N–C) groups is 1. The molecule has 12 heteroatoms. The Morgan fingerprint density at radius 3 is 2.50 bits per heavy atom. The minimum Gasteiger partial charge on any atom is -0.484 e. The number of amides is 2. The maximum atomic E-state index is 12.2. The van der Waals surface area contributed by atoms with Gasteiger partial charge in [0.2, 0.25) is 0 Å². The number of unbranched alkanes of at least 4 members (excludes halogenated alkanes) is 4. The average molecular weight is 519 g/mol. The molecule has 0 aliphatic carbocycles. The van der Waals surface area contributed by atoms with Crippen LogP contribution in [-0.4, -0.2) is 47.4 Å². The molecule has 196 valence electrons. The lowest BCUT2D eigenvalue weighted by Gasteiger charge is -2.08. The monoisotopic (exact) mass is 518 g/mol. The van der Waals surface area contributed by atoms with Crippen molar-refractivity contribution >= 4 is 41.0 Å². The molecule has 1 heterocycles. The highest BCUT2D eigenvalue weighted by molar-refractivity contribution is 6.31. The first-order chi connectivity index (χ1) is 17.3. The van der Waals surface area contributed by atoms with Crippen LogP contribution in [0.25, 0.3) is 0 Å². The normalized spacial score (nSPS) is 11.2. The van der Waals surface area contributed by atoms with E-state index < -0.39 is 5.91 Å². The van der Waals surface area contributed by atoms with Crippen molar-refractivity contribution in [1.29, 1.82) is 0 Å². The number of anilines is 2. The van der Waals surface area contributed by atoms with Gasteiger partial charge in [0.1, 0.15) is 5.75 Å². The quantitative estimate of drug-likeness (QED) is 0.143. The Balaban J connectivity index is 1.65. The Morgan fingerprint density at radius 2 is 1.78 bits per heavy atom. The summed E-state index contributed by atoms with van der Waals surface area (Å²) < 4.78 is 5.55. The van der Waals surface area contributed by atoms with E-state index in [9.17, 15) is 9.59 Å². The lowest BCUT2D eigenvalue weighted by atomic mass is 10.1. The fourth-order valence-electron chi connectivity index (χ4n) is 3.20. The molecule has 0 atom stereocenters. The van der Waals surface area contributed by atoms with E-state index in [0.29, 0.717) is 18.8 Å². The molecule has 0 spiro atoms. The van der Waals surface area contributed by atoms with E-state index in [1.54, 1.807) is 0 Å². The van der Waals surface area contributed by atoms with E-state index in [2.05, 4.69) is 32.5 Å². The van der Waals surface area contributed by atoms with Gasteiger partial charge < -0.3 is 27.3 Å². The molecule has 0 aliphatic rings. The maximum absolute atomic E-state index is 12.2. The Hall–Kier alpha value is -3.60. The highest BCUT2D eigenvalue weighted by Gasteiger charge is 2.16. The fraction of sp³-hybridized carbons (Fsp3) is 0.458. The summed E-state index contributed by atoms with van der Waals surface area (Å²) >= 11 is 5.78. The molecule has 2 aromatic rings. The summed E-state index contributed by atoms with van der Waals surface area (Å²) in [5, 5.41) is 5.15. The van der Waals surface area contributed by atoms with E-state index in [0.717, 1.165) is 37.7 Å². The number of ether oxygens (including phenoxy) is 1. The molecule has 1 aromatic heterocycles. The van der Waals surface area contributed by atoms with Gasteiger partial charge in [0.15, 0.2) is 35.0 Å². The highest BCUT2D eigenvalue weighted by Crippen LogP contribution is 2.17. The Kier molecular flexibility index (Phi) is 12.3. The van der Waals surface area contributed by atoms with E-state index in [-0.39, 0.29) is 41.0 Å². The largest absolute Gasteiger partial charge is 0.484 e. The van der Waals surface area contributed by atoms with Crippen LogP contribution >= 0.6 is 11.6 Å². The van der Waals surface area contributed by atoms with Crippen molar-refractivity contribution < 1.29 is 14.3 Å². The molecule has 0 aliphatic heterocycles. The molecule has 0 saturated carbocycles. The van der Waals surface area contributed by atoms with Gasteiger partial charge in [-0.25, -0.2) is 9.97 Å². The molecule has 0 saturated heterocycles. The van der Waals surface area contributed by atoms with Gasteiger partial charge in [-0.1, -0.05) is 49.9 Å².